The maximum atomic E-state index is 6.23. The number of hydrogen-bond donors (Lipinski definition) is 0. The molecule has 0 radical (unpaired) electrons. The molecule has 4 aromatic rings. The predicted octanol–water partition coefficient (Wildman–Crippen LogP) is 7.08. The average molecular weight is 368 g/mol. The maximum absolute atomic E-state index is 6.23. The fraction of sp³-hybridized carbons (Fsp3) is 0. The largest absolute Gasteiger partial charge is 0.0831 e. The highest BCUT2D eigenvalue weighted by atomic mass is 79.9. The van der Waals surface area contributed by atoms with Crippen LogP contribution in [0.3, 0.4) is 0 Å². The molecule has 0 N–H and O–H groups in total. The fourth-order valence-electron chi connectivity index (χ4n) is 2.90. The quantitative estimate of drug-likeness (QED) is 0.315. The molecule has 0 bridgehead atoms. The number of hydrogen-bond acceptors (Lipinski definition) is 0. The van der Waals surface area contributed by atoms with E-state index in [1.165, 1.54) is 27.1 Å². The topological polar surface area (TPSA) is 0 Å². The highest BCUT2D eigenvalue weighted by Gasteiger charge is 2.08. The number of fused-ring (bicyclic) bond motifs is 3. The molecule has 0 saturated carbocycles. The molecular weight excluding hydrogens is 356 g/mol. The normalized spacial score (nSPS) is 11.2. The van der Waals surface area contributed by atoms with Crippen molar-refractivity contribution in [3.8, 4) is 11.1 Å². The van der Waals surface area contributed by atoms with Crippen molar-refractivity contribution in [3.05, 3.63) is 82.3 Å². The molecular formula is C20H12BrCl. The van der Waals surface area contributed by atoms with Gasteiger partial charge in [0.15, 0.2) is 0 Å². The Balaban J connectivity index is 2.04. The first-order valence-electron chi connectivity index (χ1n) is 7.10. The van der Waals surface area contributed by atoms with Crippen LogP contribution in [0.5, 0.6) is 0 Å². The molecule has 0 aromatic heterocycles. The molecule has 0 heterocycles. The third-order valence-corrected chi connectivity index (χ3v) is 5.41. The summed E-state index contributed by atoms with van der Waals surface area (Å²) >= 11 is 9.83. The summed E-state index contributed by atoms with van der Waals surface area (Å²) in [6.45, 7) is 0. The lowest BCUT2D eigenvalue weighted by Gasteiger charge is -2.09. The molecule has 4 aromatic carbocycles. The molecule has 0 aliphatic rings. The van der Waals surface area contributed by atoms with Gasteiger partial charge >= 0.3 is 0 Å². The lowest BCUT2D eigenvalue weighted by Crippen LogP contribution is -1.83. The van der Waals surface area contributed by atoms with Crippen molar-refractivity contribution in [2.24, 2.45) is 0 Å². The van der Waals surface area contributed by atoms with Gasteiger partial charge in [0.2, 0.25) is 0 Å². The van der Waals surface area contributed by atoms with Crippen molar-refractivity contribution in [2.45, 2.75) is 0 Å². The van der Waals surface area contributed by atoms with Crippen LogP contribution >= 0.6 is 27.5 Å². The van der Waals surface area contributed by atoms with E-state index >= 15 is 0 Å². The van der Waals surface area contributed by atoms with Crippen LogP contribution in [0.15, 0.2) is 77.3 Å². The number of rotatable bonds is 1. The molecule has 0 nitrogen and oxygen atoms in total. The van der Waals surface area contributed by atoms with E-state index in [4.69, 9.17) is 11.6 Å². The van der Waals surface area contributed by atoms with Crippen molar-refractivity contribution in [1.82, 2.24) is 0 Å². The molecule has 0 fully saturated rings. The Bertz CT molecular complexity index is 1000. The molecule has 22 heavy (non-hydrogen) atoms. The highest BCUT2D eigenvalue weighted by molar-refractivity contribution is 9.10. The first-order valence-corrected chi connectivity index (χ1v) is 8.27. The second kappa shape index (κ2) is 5.42. The van der Waals surface area contributed by atoms with Gasteiger partial charge in [-0.3, -0.25) is 0 Å². The zero-order chi connectivity index (χ0) is 15.1. The Labute approximate surface area is 142 Å². The Kier molecular flexibility index (Phi) is 3.40. The second-order valence-corrected chi connectivity index (χ2v) is 6.52. The molecule has 0 atom stereocenters. The van der Waals surface area contributed by atoms with E-state index in [1.54, 1.807) is 0 Å². The first-order chi connectivity index (χ1) is 10.7. The third-order valence-electron chi connectivity index (χ3n) is 4.01. The van der Waals surface area contributed by atoms with Crippen molar-refractivity contribution in [2.75, 3.05) is 0 Å². The zero-order valence-electron chi connectivity index (χ0n) is 11.7. The second-order valence-electron chi connectivity index (χ2n) is 5.32. The van der Waals surface area contributed by atoms with Crippen LogP contribution < -0.4 is 0 Å². The van der Waals surface area contributed by atoms with Crippen LogP contribution in [0, 0.1) is 0 Å². The van der Waals surface area contributed by atoms with E-state index in [2.05, 4.69) is 76.6 Å². The fourth-order valence-corrected chi connectivity index (χ4v) is 3.56. The third kappa shape index (κ3) is 2.22. The van der Waals surface area contributed by atoms with Crippen LogP contribution in [0.25, 0.3) is 32.7 Å². The van der Waals surface area contributed by atoms with Crippen LogP contribution in [0.4, 0.5) is 0 Å². The molecule has 0 aliphatic heterocycles. The first kappa shape index (κ1) is 13.8. The van der Waals surface area contributed by atoms with Gasteiger partial charge in [-0.05, 0) is 60.7 Å². The summed E-state index contributed by atoms with van der Waals surface area (Å²) in [6.07, 6.45) is 0. The summed E-state index contributed by atoms with van der Waals surface area (Å²) < 4.78 is 0.941. The van der Waals surface area contributed by atoms with E-state index in [0.29, 0.717) is 0 Å². The molecule has 0 amide bonds. The number of benzene rings is 4. The highest BCUT2D eigenvalue weighted by Crippen LogP contribution is 2.36. The van der Waals surface area contributed by atoms with Crippen molar-refractivity contribution < 1.29 is 0 Å². The lowest BCUT2D eigenvalue weighted by molar-refractivity contribution is 1.60. The monoisotopic (exact) mass is 366 g/mol. The summed E-state index contributed by atoms with van der Waals surface area (Å²) in [4.78, 5) is 0. The van der Waals surface area contributed by atoms with Gasteiger partial charge in [0, 0.05) is 4.47 Å². The Morgan fingerprint density at radius 3 is 2.27 bits per heavy atom. The molecule has 4 rings (SSSR count). The van der Waals surface area contributed by atoms with Crippen LogP contribution in [0.2, 0.25) is 5.02 Å². The maximum Gasteiger partial charge on any atom is 0.0554 e. The Morgan fingerprint density at radius 1 is 0.682 bits per heavy atom. The van der Waals surface area contributed by atoms with Gasteiger partial charge < -0.3 is 0 Å². The minimum absolute atomic E-state index is 0.732. The van der Waals surface area contributed by atoms with Gasteiger partial charge in [-0.15, -0.1) is 0 Å². The van der Waals surface area contributed by atoms with Crippen LogP contribution in [0.1, 0.15) is 0 Å². The van der Waals surface area contributed by atoms with E-state index in [1.807, 2.05) is 12.1 Å². The summed E-state index contributed by atoms with van der Waals surface area (Å²) in [5.41, 5.74) is 2.28. The summed E-state index contributed by atoms with van der Waals surface area (Å²) in [5, 5.41) is 5.79. The summed E-state index contributed by atoms with van der Waals surface area (Å²) in [7, 11) is 0. The van der Waals surface area contributed by atoms with Crippen molar-refractivity contribution >= 4 is 49.1 Å². The SMILES string of the molecule is Clc1cccc(-c2ccc3ccc4ccccc4c3c2)c1Br. The molecule has 0 saturated heterocycles. The number of halogens is 2. The zero-order valence-corrected chi connectivity index (χ0v) is 14.0. The van der Waals surface area contributed by atoms with Crippen LogP contribution in [-0.2, 0) is 0 Å². The van der Waals surface area contributed by atoms with Gasteiger partial charge in [-0.2, -0.15) is 0 Å². The Morgan fingerprint density at radius 2 is 1.41 bits per heavy atom. The van der Waals surface area contributed by atoms with Gasteiger partial charge in [-0.1, -0.05) is 72.3 Å². The minimum atomic E-state index is 0.732. The average Bonchev–Trinajstić information content (AvgIpc) is 2.57. The van der Waals surface area contributed by atoms with Gasteiger partial charge in [-0.25, -0.2) is 0 Å². The standard InChI is InChI=1S/C20H12BrCl/c21-20-17(6-3-7-19(20)22)15-11-10-14-9-8-13-4-1-2-5-16(13)18(14)12-15/h1-12H. The van der Waals surface area contributed by atoms with E-state index < -0.39 is 0 Å². The predicted molar refractivity (Wildman–Crippen MR) is 99.6 cm³/mol. The van der Waals surface area contributed by atoms with Gasteiger partial charge in [0.1, 0.15) is 0 Å². The molecule has 0 spiro atoms. The van der Waals surface area contributed by atoms with E-state index in [0.717, 1.165) is 15.1 Å². The van der Waals surface area contributed by atoms with E-state index in [-0.39, 0.29) is 0 Å². The minimum Gasteiger partial charge on any atom is -0.0831 e. The summed E-state index contributed by atoms with van der Waals surface area (Å²) in [6, 6.07) is 25.4. The van der Waals surface area contributed by atoms with Crippen LogP contribution in [-0.4, -0.2) is 0 Å². The van der Waals surface area contributed by atoms with Gasteiger partial charge in [0.25, 0.3) is 0 Å². The van der Waals surface area contributed by atoms with Gasteiger partial charge in [0.05, 0.1) is 5.02 Å². The smallest absolute Gasteiger partial charge is 0.0554 e. The lowest BCUT2D eigenvalue weighted by atomic mass is 9.97. The van der Waals surface area contributed by atoms with Crippen molar-refractivity contribution in [3.63, 3.8) is 0 Å². The molecule has 0 unspecified atom stereocenters. The summed E-state index contributed by atoms with van der Waals surface area (Å²) in [5.74, 6) is 0. The molecule has 0 aliphatic carbocycles. The Hall–Kier alpha value is -1.83. The molecule has 106 valence electrons. The molecule has 2 heteroatoms. The van der Waals surface area contributed by atoms with Crippen molar-refractivity contribution in [1.29, 1.82) is 0 Å². The van der Waals surface area contributed by atoms with E-state index in [9.17, 15) is 0 Å².